The number of anilines is 1. The number of benzene rings is 4. The Labute approximate surface area is 280 Å². The average molecular weight is 654 g/mol. The minimum atomic E-state index is -4.15. The summed E-state index contributed by atoms with van der Waals surface area (Å²) in [7, 11) is -4.15. The van der Waals surface area contributed by atoms with Gasteiger partial charge in [-0.3, -0.25) is 13.9 Å². The Kier molecular flexibility index (Phi) is 12.0. The number of hydrogen-bond donors (Lipinski definition) is 1. The van der Waals surface area contributed by atoms with Crippen molar-refractivity contribution < 1.29 is 18.0 Å². The molecule has 0 aliphatic carbocycles. The van der Waals surface area contributed by atoms with Gasteiger partial charge in [-0.1, -0.05) is 118 Å². The largest absolute Gasteiger partial charge is 0.354 e. The van der Waals surface area contributed by atoms with Crippen molar-refractivity contribution in [2.45, 2.75) is 71.4 Å². The predicted octanol–water partition coefficient (Wildman–Crippen LogP) is 7.03. The second kappa shape index (κ2) is 15.9. The van der Waals surface area contributed by atoms with E-state index in [-0.39, 0.29) is 35.6 Å². The first-order valence-electron chi connectivity index (χ1n) is 16.2. The molecule has 0 aromatic heterocycles. The van der Waals surface area contributed by atoms with Crippen molar-refractivity contribution in [1.82, 2.24) is 10.2 Å². The molecule has 0 heterocycles. The standard InChI is InChI=1S/C39H47N3O4S/c1-28(2)25-40-39(44)37(24-32-12-8-7-9-13-32)41(26-33-14-10-11-31(6)23-33)38(43)27-42(35-19-17-34(18-20-35)29(3)4)47(45,46)36-21-15-30(5)16-22-36/h7-23,28-29,37H,24-27H2,1-6H3,(H,40,44)/t37-/m0/s1. The Hall–Kier alpha value is -4.43. The first-order valence-corrected chi connectivity index (χ1v) is 17.6. The summed E-state index contributed by atoms with van der Waals surface area (Å²) in [5, 5.41) is 3.03. The maximum atomic E-state index is 14.6. The van der Waals surface area contributed by atoms with E-state index in [4.69, 9.17) is 0 Å². The Morgan fingerprint density at radius 1 is 0.745 bits per heavy atom. The van der Waals surface area contributed by atoms with Gasteiger partial charge in [-0.05, 0) is 66.6 Å². The first kappa shape index (κ1) is 35.4. The average Bonchev–Trinajstić information content (AvgIpc) is 3.04. The van der Waals surface area contributed by atoms with Crippen LogP contribution in [0.1, 0.15) is 61.4 Å². The summed E-state index contributed by atoms with van der Waals surface area (Å²) in [6, 6.07) is 30.4. The number of carbonyl (C=O) groups is 2. The molecule has 0 spiro atoms. The zero-order valence-corrected chi connectivity index (χ0v) is 29.1. The summed E-state index contributed by atoms with van der Waals surface area (Å²) in [6.07, 6.45) is 0.274. The van der Waals surface area contributed by atoms with E-state index in [0.29, 0.717) is 12.2 Å². The number of sulfonamides is 1. The van der Waals surface area contributed by atoms with E-state index < -0.39 is 28.5 Å². The van der Waals surface area contributed by atoms with E-state index in [1.807, 2.05) is 94.4 Å². The molecule has 4 aromatic rings. The summed E-state index contributed by atoms with van der Waals surface area (Å²) < 4.78 is 29.7. The lowest BCUT2D eigenvalue weighted by Crippen LogP contribution is -2.53. The van der Waals surface area contributed by atoms with Crippen molar-refractivity contribution in [3.05, 3.63) is 131 Å². The summed E-state index contributed by atoms with van der Waals surface area (Å²) in [4.78, 5) is 30.2. The van der Waals surface area contributed by atoms with E-state index in [2.05, 4.69) is 19.2 Å². The lowest BCUT2D eigenvalue weighted by molar-refractivity contribution is -0.140. The van der Waals surface area contributed by atoms with Crippen LogP contribution in [-0.2, 0) is 32.6 Å². The van der Waals surface area contributed by atoms with Gasteiger partial charge < -0.3 is 10.2 Å². The van der Waals surface area contributed by atoms with Gasteiger partial charge in [0.05, 0.1) is 10.6 Å². The third-order valence-electron chi connectivity index (χ3n) is 8.13. The first-order chi connectivity index (χ1) is 22.3. The fraction of sp³-hybridized carbons (Fsp3) is 0.333. The van der Waals surface area contributed by atoms with Crippen molar-refractivity contribution >= 4 is 27.5 Å². The van der Waals surface area contributed by atoms with Gasteiger partial charge in [0.15, 0.2) is 0 Å². The van der Waals surface area contributed by atoms with Crippen LogP contribution < -0.4 is 9.62 Å². The molecule has 0 aliphatic rings. The van der Waals surface area contributed by atoms with Gasteiger partial charge in [-0.25, -0.2) is 8.42 Å². The quantitative estimate of drug-likeness (QED) is 0.158. The molecule has 0 saturated carbocycles. The number of aryl methyl sites for hydroxylation is 2. The second-order valence-corrected chi connectivity index (χ2v) is 14.8. The summed E-state index contributed by atoms with van der Waals surface area (Å²) in [5.41, 5.74) is 5.12. The molecule has 0 fully saturated rings. The van der Waals surface area contributed by atoms with Gasteiger partial charge in [-0.15, -0.1) is 0 Å². The van der Waals surface area contributed by atoms with Gasteiger partial charge >= 0.3 is 0 Å². The highest BCUT2D eigenvalue weighted by molar-refractivity contribution is 7.92. The van der Waals surface area contributed by atoms with Crippen LogP contribution in [0, 0.1) is 19.8 Å². The molecule has 0 saturated heterocycles. The highest BCUT2D eigenvalue weighted by Crippen LogP contribution is 2.27. The van der Waals surface area contributed by atoms with Crippen LogP contribution in [0.3, 0.4) is 0 Å². The number of carbonyl (C=O) groups excluding carboxylic acids is 2. The molecule has 8 heteroatoms. The van der Waals surface area contributed by atoms with Crippen molar-refractivity contribution in [3.8, 4) is 0 Å². The maximum absolute atomic E-state index is 14.6. The molecule has 47 heavy (non-hydrogen) atoms. The van der Waals surface area contributed by atoms with Crippen LogP contribution in [-0.4, -0.2) is 44.3 Å². The Morgan fingerprint density at radius 2 is 1.38 bits per heavy atom. The molecule has 1 N–H and O–H groups in total. The fourth-order valence-electron chi connectivity index (χ4n) is 5.38. The third-order valence-corrected chi connectivity index (χ3v) is 9.91. The van der Waals surface area contributed by atoms with Gasteiger partial charge in [0.2, 0.25) is 11.8 Å². The van der Waals surface area contributed by atoms with E-state index in [0.717, 1.165) is 27.8 Å². The molecule has 0 unspecified atom stereocenters. The number of amides is 2. The SMILES string of the molecule is Cc1ccc(S(=O)(=O)N(CC(=O)N(Cc2cccc(C)c2)[C@@H](Cc2ccccc2)C(=O)NCC(C)C)c2ccc(C(C)C)cc2)cc1. The Balaban J connectivity index is 1.81. The van der Waals surface area contributed by atoms with Gasteiger partial charge in [-0.2, -0.15) is 0 Å². The lowest BCUT2D eigenvalue weighted by Gasteiger charge is -2.34. The lowest BCUT2D eigenvalue weighted by atomic mass is 10.0. The highest BCUT2D eigenvalue weighted by Gasteiger charge is 2.34. The normalized spacial score (nSPS) is 12.2. The van der Waals surface area contributed by atoms with Crippen LogP contribution in [0.5, 0.6) is 0 Å². The molecule has 0 bridgehead atoms. The van der Waals surface area contributed by atoms with E-state index in [9.17, 15) is 18.0 Å². The van der Waals surface area contributed by atoms with Crippen LogP contribution >= 0.6 is 0 Å². The zero-order valence-electron chi connectivity index (χ0n) is 28.3. The van der Waals surface area contributed by atoms with Crippen molar-refractivity contribution in [2.75, 3.05) is 17.4 Å². The molecule has 7 nitrogen and oxygen atoms in total. The highest BCUT2D eigenvalue weighted by atomic mass is 32.2. The van der Waals surface area contributed by atoms with Gasteiger partial charge in [0.25, 0.3) is 10.0 Å². The number of rotatable bonds is 14. The second-order valence-electron chi connectivity index (χ2n) is 12.9. The molecule has 4 rings (SSSR count). The molecular formula is C39H47N3O4S. The maximum Gasteiger partial charge on any atom is 0.264 e. The number of nitrogens with one attached hydrogen (secondary N) is 1. The molecule has 1 atom stereocenters. The monoisotopic (exact) mass is 653 g/mol. The van der Waals surface area contributed by atoms with Crippen LogP contribution in [0.4, 0.5) is 5.69 Å². The Morgan fingerprint density at radius 3 is 1.98 bits per heavy atom. The van der Waals surface area contributed by atoms with Crippen LogP contribution in [0.15, 0.2) is 108 Å². The van der Waals surface area contributed by atoms with Crippen LogP contribution in [0.2, 0.25) is 0 Å². The number of nitrogens with zero attached hydrogens (tertiary/aromatic N) is 2. The van der Waals surface area contributed by atoms with Gasteiger partial charge in [0, 0.05) is 19.5 Å². The van der Waals surface area contributed by atoms with Crippen molar-refractivity contribution in [3.63, 3.8) is 0 Å². The summed E-state index contributed by atoms with van der Waals surface area (Å²) >= 11 is 0. The molecular weight excluding hydrogens is 607 g/mol. The van der Waals surface area contributed by atoms with E-state index in [1.54, 1.807) is 36.4 Å². The van der Waals surface area contributed by atoms with Crippen LogP contribution in [0.25, 0.3) is 0 Å². The third kappa shape index (κ3) is 9.55. The summed E-state index contributed by atoms with van der Waals surface area (Å²) in [6.45, 7) is 12.1. The summed E-state index contributed by atoms with van der Waals surface area (Å²) in [5.74, 6) is -0.296. The molecule has 0 aliphatic heterocycles. The van der Waals surface area contributed by atoms with E-state index >= 15 is 0 Å². The molecule has 2 amide bonds. The van der Waals surface area contributed by atoms with E-state index in [1.165, 1.54) is 9.21 Å². The Bertz CT molecular complexity index is 1740. The minimum absolute atomic E-state index is 0.0876. The molecule has 0 radical (unpaired) electrons. The van der Waals surface area contributed by atoms with Crippen molar-refractivity contribution in [1.29, 1.82) is 0 Å². The topological polar surface area (TPSA) is 86.8 Å². The molecule has 248 valence electrons. The number of hydrogen-bond acceptors (Lipinski definition) is 4. The predicted molar refractivity (Wildman–Crippen MR) is 190 cm³/mol. The van der Waals surface area contributed by atoms with Gasteiger partial charge in [0.1, 0.15) is 12.6 Å². The zero-order chi connectivity index (χ0) is 34.1. The molecule has 4 aromatic carbocycles. The minimum Gasteiger partial charge on any atom is -0.354 e. The van der Waals surface area contributed by atoms with Crippen molar-refractivity contribution in [2.24, 2.45) is 5.92 Å². The fourth-order valence-corrected chi connectivity index (χ4v) is 6.79. The smallest absolute Gasteiger partial charge is 0.264 e.